The molecule has 128 valence electrons. The monoisotopic (exact) mass is 364 g/mol. The average molecular weight is 364 g/mol. The third-order valence-electron chi connectivity index (χ3n) is 3.26. The minimum absolute atomic E-state index is 0.398. The van der Waals surface area contributed by atoms with Crippen LogP contribution in [0.25, 0.3) is 0 Å². The second-order valence-electron chi connectivity index (χ2n) is 4.99. The summed E-state index contributed by atoms with van der Waals surface area (Å²) in [6, 6.07) is 15.4. The molecule has 0 unspecified atom stereocenters. The van der Waals surface area contributed by atoms with Gasteiger partial charge in [-0.1, -0.05) is 36.4 Å². The minimum atomic E-state index is -4.46. The molecule has 0 fully saturated rings. The molecule has 0 N–H and O–H groups in total. The maximum atomic E-state index is 14.2. The van der Waals surface area contributed by atoms with Gasteiger partial charge in [0.25, 0.3) is 0 Å². The van der Waals surface area contributed by atoms with Crippen molar-refractivity contribution in [3.05, 3.63) is 90.2 Å². The third kappa shape index (κ3) is 3.69. The Morgan fingerprint density at radius 3 is 1.44 bits per heavy atom. The maximum Gasteiger partial charge on any atom is 0.466 e. The Kier molecular flexibility index (Phi) is 4.81. The summed E-state index contributed by atoms with van der Waals surface area (Å²) < 4.78 is 65.6. The predicted molar refractivity (Wildman–Crippen MR) is 87.7 cm³/mol. The lowest BCUT2D eigenvalue weighted by Crippen LogP contribution is -2.18. The Morgan fingerprint density at radius 2 is 1.00 bits per heavy atom. The van der Waals surface area contributed by atoms with Crippen molar-refractivity contribution in [3.63, 3.8) is 0 Å². The van der Waals surface area contributed by atoms with Crippen LogP contribution >= 0.6 is 7.60 Å². The van der Waals surface area contributed by atoms with E-state index in [9.17, 15) is 17.7 Å². The zero-order valence-electron chi connectivity index (χ0n) is 12.7. The van der Waals surface area contributed by atoms with E-state index in [0.29, 0.717) is 0 Å². The summed E-state index contributed by atoms with van der Waals surface area (Å²) in [6.07, 6.45) is 0. The lowest BCUT2D eigenvalue weighted by molar-refractivity contribution is 0.377. The fourth-order valence-electron chi connectivity index (χ4n) is 2.09. The lowest BCUT2D eigenvalue weighted by atomic mass is 10.3. The van der Waals surface area contributed by atoms with E-state index in [-0.39, 0.29) is 0 Å². The molecule has 3 rings (SSSR count). The molecule has 0 spiro atoms. The summed E-state index contributed by atoms with van der Waals surface area (Å²) in [7, 11) is -4.46. The molecule has 0 aromatic heterocycles. The van der Waals surface area contributed by atoms with Crippen LogP contribution in [0.2, 0.25) is 0 Å². The van der Waals surface area contributed by atoms with Crippen LogP contribution in [0.15, 0.2) is 72.8 Å². The molecular weight excluding hydrogens is 352 g/mol. The van der Waals surface area contributed by atoms with E-state index < -0.39 is 41.9 Å². The van der Waals surface area contributed by atoms with Gasteiger partial charge in [0.15, 0.2) is 23.1 Å². The van der Waals surface area contributed by atoms with Crippen LogP contribution < -0.4 is 14.4 Å². The molecule has 0 saturated heterocycles. The first-order chi connectivity index (χ1) is 12.0. The standard InChI is InChI=1S/C18H12F3O3P/c19-13-7-1-4-10-16(13)23-25(22,18-12-6-3-9-15(18)21)24-17-11-5-2-8-14(17)20/h1-12H. The fraction of sp³-hybridized carbons (Fsp3) is 0. The molecule has 3 aromatic carbocycles. The highest BCUT2D eigenvalue weighted by Crippen LogP contribution is 2.49. The van der Waals surface area contributed by atoms with Crippen molar-refractivity contribution in [2.24, 2.45) is 0 Å². The van der Waals surface area contributed by atoms with E-state index in [0.717, 1.165) is 18.2 Å². The highest BCUT2D eigenvalue weighted by Gasteiger charge is 2.36. The van der Waals surface area contributed by atoms with Crippen LogP contribution in [0.5, 0.6) is 11.5 Å². The van der Waals surface area contributed by atoms with Crippen LogP contribution in [0.3, 0.4) is 0 Å². The van der Waals surface area contributed by atoms with Gasteiger partial charge in [-0.15, -0.1) is 0 Å². The first-order valence-corrected chi connectivity index (χ1v) is 8.77. The van der Waals surface area contributed by atoms with Gasteiger partial charge in [0.1, 0.15) is 11.1 Å². The second kappa shape index (κ2) is 7.03. The van der Waals surface area contributed by atoms with Crippen LogP contribution in [-0.4, -0.2) is 0 Å². The predicted octanol–water partition coefficient (Wildman–Crippen LogP) is 5.08. The summed E-state index contributed by atoms with van der Waals surface area (Å²) in [5, 5.41) is -0.429. The number of para-hydroxylation sites is 2. The molecule has 3 aromatic rings. The molecule has 0 aliphatic heterocycles. The lowest BCUT2D eigenvalue weighted by Gasteiger charge is -2.21. The van der Waals surface area contributed by atoms with Crippen LogP contribution in [0.1, 0.15) is 0 Å². The average Bonchev–Trinajstić information content (AvgIpc) is 2.59. The summed E-state index contributed by atoms with van der Waals surface area (Å²) in [4.78, 5) is 0. The number of hydrogen-bond acceptors (Lipinski definition) is 3. The molecule has 25 heavy (non-hydrogen) atoms. The number of benzene rings is 3. The highest BCUT2D eigenvalue weighted by atomic mass is 31.2. The number of halogens is 3. The zero-order chi connectivity index (χ0) is 17.9. The molecule has 0 amide bonds. The summed E-state index contributed by atoms with van der Waals surface area (Å²) in [5.41, 5.74) is 0. The van der Waals surface area contributed by atoms with Crippen molar-refractivity contribution in [1.29, 1.82) is 0 Å². The molecule has 0 bridgehead atoms. The van der Waals surface area contributed by atoms with Crippen molar-refractivity contribution in [2.45, 2.75) is 0 Å². The van der Waals surface area contributed by atoms with Crippen molar-refractivity contribution < 1.29 is 26.8 Å². The van der Waals surface area contributed by atoms with Gasteiger partial charge < -0.3 is 9.05 Å². The number of rotatable bonds is 5. The molecule has 0 aliphatic carbocycles. The van der Waals surface area contributed by atoms with Gasteiger partial charge in [-0.05, 0) is 36.4 Å². The van der Waals surface area contributed by atoms with Crippen LogP contribution in [0.4, 0.5) is 13.2 Å². The largest absolute Gasteiger partial charge is 0.466 e. The van der Waals surface area contributed by atoms with Gasteiger partial charge in [-0.3, -0.25) is 0 Å². The quantitative estimate of drug-likeness (QED) is 0.592. The Labute approximate surface area is 142 Å². The fourth-order valence-corrected chi connectivity index (χ4v) is 3.74. The van der Waals surface area contributed by atoms with Crippen molar-refractivity contribution in [1.82, 2.24) is 0 Å². The minimum Gasteiger partial charge on any atom is -0.410 e. The Balaban J connectivity index is 2.08. The van der Waals surface area contributed by atoms with Gasteiger partial charge in [-0.2, -0.15) is 0 Å². The van der Waals surface area contributed by atoms with Crippen LogP contribution in [-0.2, 0) is 4.57 Å². The summed E-state index contributed by atoms with van der Waals surface area (Å²) >= 11 is 0. The van der Waals surface area contributed by atoms with Crippen LogP contribution in [0, 0.1) is 17.5 Å². The smallest absolute Gasteiger partial charge is 0.410 e. The second-order valence-corrected chi connectivity index (χ2v) is 6.83. The molecule has 0 saturated carbocycles. The van der Waals surface area contributed by atoms with Gasteiger partial charge in [0, 0.05) is 0 Å². The molecule has 7 heteroatoms. The first-order valence-electron chi connectivity index (χ1n) is 7.23. The van der Waals surface area contributed by atoms with Gasteiger partial charge in [-0.25, -0.2) is 17.7 Å². The van der Waals surface area contributed by atoms with E-state index in [1.54, 1.807) is 0 Å². The van der Waals surface area contributed by atoms with Gasteiger partial charge in [0.05, 0.1) is 0 Å². The van der Waals surface area contributed by atoms with Gasteiger partial charge >= 0.3 is 7.60 Å². The molecule has 3 nitrogen and oxygen atoms in total. The normalized spacial score (nSPS) is 11.2. The van der Waals surface area contributed by atoms with Crippen molar-refractivity contribution in [3.8, 4) is 11.5 Å². The topological polar surface area (TPSA) is 35.5 Å². The van der Waals surface area contributed by atoms with E-state index in [1.165, 1.54) is 54.6 Å². The summed E-state index contributed by atoms with van der Waals surface area (Å²) in [6.45, 7) is 0. The van der Waals surface area contributed by atoms with E-state index in [2.05, 4.69) is 0 Å². The molecule has 0 heterocycles. The van der Waals surface area contributed by atoms with E-state index in [1.807, 2.05) is 0 Å². The Morgan fingerprint density at radius 1 is 0.600 bits per heavy atom. The Bertz CT molecular complexity index is 895. The third-order valence-corrected chi connectivity index (χ3v) is 5.08. The van der Waals surface area contributed by atoms with Crippen molar-refractivity contribution >= 4 is 12.9 Å². The van der Waals surface area contributed by atoms with E-state index >= 15 is 0 Å². The molecular formula is C18H12F3O3P. The van der Waals surface area contributed by atoms with Crippen molar-refractivity contribution in [2.75, 3.05) is 0 Å². The zero-order valence-corrected chi connectivity index (χ0v) is 13.6. The molecule has 0 atom stereocenters. The highest BCUT2D eigenvalue weighted by molar-refractivity contribution is 7.63. The molecule has 0 radical (unpaired) electrons. The summed E-state index contributed by atoms with van der Waals surface area (Å²) in [5.74, 6) is -3.29. The first kappa shape index (κ1) is 17.1. The molecule has 0 aliphatic rings. The maximum absolute atomic E-state index is 14.2. The van der Waals surface area contributed by atoms with E-state index in [4.69, 9.17) is 9.05 Å². The van der Waals surface area contributed by atoms with Gasteiger partial charge in [0.2, 0.25) is 0 Å². The number of hydrogen-bond donors (Lipinski definition) is 0. The Hall–Kier alpha value is -2.72. The SMILES string of the molecule is O=P(Oc1ccccc1F)(Oc1ccccc1F)c1ccccc1F.